The third-order valence-corrected chi connectivity index (χ3v) is 7.99. The average Bonchev–Trinajstić information content (AvgIpc) is 3.20. The maximum Gasteiger partial charge on any atom is 0.449 e. The minimum atomic E-state index is -4.76. The van der Waals surface area contributed by atoms with Gasteiger partial charge in [0.1, 0.15) is 5.82 Å². The molecule has 3 aliphatic rings. The molecule has 42 heavy (non-hydrogen) atoms. The second kappa shape index (κ2) is 11.3. The Balaban J connectivity index is 1.40. The number of carbonyl (C=O) groups is 2. The van der Waals surface area contributed by atoms with Gasteiger partial charge in [0.2, 0.25) is 11.7 Å². The fourth-order valence-corrected chi connectivity index (χ4v) is 5.87. The van der Waals surface area contributed by atoms with Crippen LogP contribution in [0.5, 0.6) is 0 Å². The number of allylic oxidation sites excluding steroid dienone is 1. The first-order valence-electron chi connectivity index (χ1n) is 13.9. The van der Waals surface area contributed by atoms with E-state index in [4.69, 9.17) is 0 Å². The van der Waals surface area contributed by atoms with E-state index >= 15 is 4.39 Å². The predicted octanol–water partition coefficient (Wildman–Crippen LogP) is 2.90. The van der Waals surface area contributed by atoms with Gasteiger partial charge in [-0.3, -0.25) is 14.4 Å². The van der Waals surface area contributed by atoms with Crippen molar-refractivity contribution in [3.05, 3.63) is 68.4 Å². The molecule has 2 amide bonds. The number of rotatable bonds is 5. The number of aryl methyl sites for hydroxylation is 1. The van der Waals surface area contributed by atoms with Gasteiger partial charge in [-0.1, -0.05) is 18.2 Å². The number of benzene rings is 1. The average molecular weight is 589 g/mol. The van der Waals surface area contributed by atoms with Crippen LogP contribution in [0.4, 0.5) is 17.6 Å². The fourth-order valence-electron chi connectivity index (χ4n) is 5.87. The van der Waals surface area contributed by atoms with E-state index < -0.39 is 41.7 Å². The standard InChI is InChI=1S/C29H32F4N6O3/c1-4-39-26(41)19-8-6-5-7-18(19)22(35-39)16-17-9-10-21(30)20(15-17)25(40)37-12-11-23-24(27(42)36(2)3)34-28(29(31,32)33)38(23)14-13-37/h5,7,9-10,15,23-24H,4,6,8,11-14,16H2,1-3H3. The number of hydrogen-bond acceptors (Lipinski definition) is 6. The molecular formula is C29H32F4N6O3. The van der Waals surface area contributed by atoms with Crippen LogP contribution in [0.2, 0.25) is 0 Å². The van der Waals surface area contributed by atoms with E-state index in [0.717, 1.165) is 16.9 Å². The van der Waals surface area contributed by atoms with Crippen molar-refractivity contribution in [1.82, 2.24) is 24.5 Å². The molecule has 1 aromatic heterocycles. The fraction of sp³-hybridized carbons (Fsp3) is 0.483. The van der Waals surface area contributed by atoms with Gasteiger partial charge in [-0.05, 0) is 43.9 Å². The Bertz CT molecular complexity index is 1530. The molecule has 224 valence electrons. The number of likely N-dealkylation sites (N-methyl/N-ethyl adjacent to an activating group) is 1. The van der Waals surface area contributed by atoms with E-state index in [0.29, 0.717) is 29.8 Å². The first-order chi connectivity index (χ1) is 19.9. The van der Waals surface area contributed by atoms with Crippen LogP contribution >= 0.6 is 0 Å². The van der Waals surface area contributed by atoms with Crippen molar-refractivity contribution < 1.29 is 27.2 Å². The summed E-state index contributed by atoms with van der Waals surface area (Å²) >= 11 is 0. The van der Waals surface area contributed by atoms with Gasteiger partial charge in [0, 0.05) is 57.8 Å². The Morgan fingerprint density at radius 3 is 2.60 bits per heavy atom. The number of aliphatic imine (C=N–C) groups is 1. The summed E-state index contributed by atoms with van der Waals surface area (Å²) in [5.41, 5.74) is 2.33. The van der Waals surface area contributed by atoms with E-state index in [-0.39, 0.29) is 43.6 Å². The molecule has 2 aromatic rings. The molecule has 1 aliphatic carbocycles. The maximum absolute atomic E-state index is 15.0. The van der Waals surface area contributed by atoms with Gasteiger partial charge in [-0.2, -0.15) is 18.3 Å². The third kappa shape index (κ3) is 5.43. The summed E-state index contributed by atoms with van der Waals surface area (Å²) in [6.45, 7) is 1.95. The summed E-state index contributed by atoms with van der Waals surface area (Å²) in [5.74, 6) is -3.08. The maximum atomic E-state index is 15.0. The molecule has 0 N–H and O–H groups in total. The van der Waals surface area contributed by atoms with Gasteiger partial charge in [0.25, 0.3) is 11.5 Å². The monoisotopic (exact) mass is 588 g/mol. The smallest absolute Gasteiger partial charge is 0.347 e. The van der Waals surface area contributed by atoms with Crippen LogP contribution in [-0.2, 0) is 24.2 Å². The first kappa shape index (κ1) is 29.5. The van der Waals surface area contributed by atoms with Crippen molar-refractivity contribution in [3.8, 4) is 0 Å². The van der Waals surface area contributed by atoms with Crippen LogP contribution in [0.1, 0.15) is 52.5 Å². The van der Waals surface area contributed by atoms with Gasteiger partial charge < -0.3 is 14.7 Å². The Labute approximate surface area is 240 Å². The molecule has 5 rings (SSSR count). The zero-order valence-corrected chi connectivity index (χ0v) is 23.6. The SMILES string of the molecule is CCn1nc(Cc2ccc(F)c(C(=O)N3CCC4C(C(=O)N(C)C)N=C(C(F)(F)F)N4CC3)c2)c2c(c1=O)CCC=C2. The molecule has 0 bridgehead atoms. The Morgan fingerprint density at radius 2 is 1.90 bits per heavy atom. The lowest BCUT2D eigenvalue weighted by Gasteiger charge is -2.28. The van der Waals surface area contributed by atoms with Crippen LogP contribution in [0.3, 0.4) is 0 Å². The molecule has 2 unspecified atom stereocenters. The molecule has 0 saturated carbocycles. The van der Waals surface area contributed by atoms with E-state index in [2.05, 4.69) is 10.1 Å². The van der Waals surface area contributed by atoms with Gasteiger partial charge in [0.05, 0.1) is 17.3 Å². The lowest BCUT2D eigenvalue weighted by atomic mass is 9.94. The van der Waals surface area contributed by atoms with Crippen molar-refractivity contribution >= 4 is 23.7 Å². The second-order valence-corrected chi connectivity index (χ2v) is 10.9. The number of carbonyl (C=O) groups excluding carboxylic acids is 2. The molecule has 13 heteroatoms. The van der Waals surface area contributed by atoms with Crippen molar-refractivity contribution in [3.63, 3.8) is 0 Å². The van der Waals surface area contributed by atoms with E-state index in [1.807, 2.05) is 19.1 Å². The Kier molecular flexibility index (Phi) is 7.95. The van der Waals surface area contributed by atoms with Gasteiger partial charge in [0.15, 0.2) is 6.04 Å². The Hall–Kier alpha value is -4.03. The number of fused-ring (bicyclic) bond motifs is 2. The summed E-state index contributed by atoms with van der Waals surface area (Å²) in [7, 11) is 2.91. The minimum absolute atomic E-state index is 0.0306. The van der Waals surface area contributed by atoms with Gasteiger partial charge >= 0.3 is 6.18 Å². The second-order valence-electron chi connectivity index (χ2n) is 10.9. The molecule has 2 aliphatic heterocycles. The van der Waals surface area contributed by atoms with E-state index in [1.54, 1.807) is 6.07 Å². The summed E-state index contributed by atoms with van der Waals surface area (Å²) in [5, 5.41) is 4.52. The zero-order chi connectivity index (χ0) is 30.3. The van der Waals surface area contributed by atoms with Crippen LogP contribution < -0.4 is 5.56 Å². The number of aromatic nitrogens is 2. The molecule has 9 nitrogen and oxygen atoms in total. The number of amides is 2. The first-order valence-corrected chi connectivity index (χ1v) is 13.9. The highest BCUT2D eigenvalue weighted by Gasteiger charge is 2.51. The van der Waals surface area contributed by atoms with Gasteiger partial charge in [-0.25, -0.2) is 14.1 Å². The van der Waals surface area contributed by atoms with Crippen LogP contribution in [-0.4, -0.2) is 94.1 Å². The number of amidine groups is 1. The third-order valence-electron chi connectivity index (χ3n) is 7.99. The van der Waals surface area contributed by atoms with Crippen molar-refractivity contribution in [2.45, 2.75) is 57.4 Å². The summed E-state index contributed by atoms with van der Waals surface area (Å²) in [4.78, 5) is 46.3. The van der Waals surface area contributed by atoms with E-state index in [9.17, 15) is 27.6 Å². The highest BCUT2D eigenvalue weighted by molar-refractivity contribution is 5.96. The van der Waals surface area contributed by atoms with Crippen molar-refractivity contribution in [2.75, 3.05) is 33.7 Å². The predicted molar refractivity (Wildman–Crippen MR) is 148 cm³/mol. The molecule has 2 atom stereocenters. The van der Waals surface area contributed by atoms with Crippen LogP contribution in [0.25, 0.3) is 6.08 Å². The van der Waals surface area contributed by atoms with Crippen molar-refractivity contribution in [1.29, 1.82) is 0 Å². The van der Waals surface area contributed by atoms with Crippen LogP contribution in [0, 0.1) is 5.82 Å². The normalized spacial score (nSPS) is 20.1. The van der Waals surface area contributed by atoms with Crippen LogP contribution in [0.15, 0.2) is 34.1 Å². The molecular weight excluding hydrogens is 556 g/mol. The lowest BCUT2D eigenvalue weighted by molar-refractivity contribution is -0.130. The molecule has 0 radical (unpaired) electrons. The molecule has 1 saturated heterocycles. The summed E-state index contributed by atoms with van der Waals surface area (Å²) in [6.07, 6.45) is 0.737. The number of nitrogens with zero attached hydrogens (tertiary/aromatic N) is 6. The molecule has 1 aromatic carbocycles. The quantitative estimate of drug-likeness (QED) is 0.502. The Morgan fingerprint density at radius 1 is 1.14 bits per heavy atom. The van der Waals surface area contributed by atoms with E-state index in [1.165, 1.54) is 40.7 Å². The number of hydrogen-bond donors (Lipinski definition) is 0. The topological polar surface area (TPSA) is 91.1 Å². The zero-order valence-electron chi connectivity index (χ0n) is 23.6. The van der Waals surface area contributed by atoms with Crippen molar-refractivity contribution in [2.24, 2.45) is 4.99 Å². The molecule has 1 fully saturated rings. The largest absolute Gasteiger partial charge is 0.449 e. The molecule has 0 spiro atoms. The highest BCUT2D eigenvalue weighted by atomic mass is 19.4. The summed E-state index contributed by atoms with van der Waals surface area (Å²) < 4.78 is 57.9. The number of alkyl halides is 3. The number of halogens is 4. The van der Waals surface area contributed by atoms with Gasteiger partial charge in [-0.15, -0.1) is 0 Å². The summed E-state index contributed by atoms with van der Waals surface area (Å²) in [6, 6.07) is 2.07. The lowest BCUT2D eigenvalue weighted by Crippen LogP contribution is -2.48. The highest BCUT2D eigenvalue weighted by Crippen LogP contribution is 2.32. The molecule has 3 heterocycles. The minimum Gasteiger partial charge on any atom is -0.347 e.